The van der Waals surface area contributed by atoms with E-state index >= 15 is 0 Å². The molecule has 3 amide bonds. The summed E-state index contributed by atoms with van der Waals surface area (Å²) in [4.78, 5) is 51.1. The Kier molecular flexibility index (Phi) is 5.36. The highest BCUT2D eigenvalue weighted by Gasteiger charge is 2.38. The number of hydrogen-bond acceptors (Lipinski definition) is 5. The average molecular weight is 399 g/mol. The zero-order valence-electron chi connectivity index (χ0n) is 16.2. The van der Waals surface area contributed by atoms with Crippen LogP contribution in [-0.4, -0.2) is 70.3 Å². The van der Waals surface area contributed by atoms with Crippen molar-refractivity contribution in [2.45, 2.75) is 44.2 Å². The number of imide groups is 1. The second kappa shape index (κ2) is 7.94. The third-order valence-electron chi connectivity index (χ3n) is 5.96. The minimum Gasteiger partial charge on any atom is -0.480 e. The van der Waals surface area contributed by atoms with Crippen molar-refractivity contribution >= 4 is 23.7 Å². The number of aliphatic carboxylic acids is 1. The number of amides is 3. The summed E-state index contributed by atoms with van der Waals surface area (Å²) in [6, 6.07) is 6.87. The summed E-state index contributed by atoms with van der Waals surface area (Å²) in [5.41, 5.74) is 0.767. The molecule has 8 heteroatoms. The maximum absolute atomic E-state index is 12.3. The molecule has 1 aromatic carbocycles. The number of carboxylic acids is 1. The van der Waals surface area contributed by atoms with E-state index in [0.29, 0.717) is 17.0 Å². The van der Waals surface area contributed by atoms with Crippen molar-refractivity contribution in [3.63, 3.8) is 0 Å². The molecular weight excluding hydrogens is 374 g/mol. The lowest BCUT2D eigenvalue weighted by atomic mass is 9.85. The van der Waals surface area contributed by atoms with Gasteiger partial charge in [0.25, 0.3) is 11.8 Å². The molecule has 4 rings (SSSR count). The van der Waals surface area contributed by atoms with E-state index in [0.717, 1.165) is 24.3 Å². The normalized spacial score (nSPS) is 23.1. The summed E-state index contributed by atoms with van der Waals surface area (Å²) in [5.74, 6) is -1.11. The van der Waals surface area contributed by atoms with Crippen molar-refractivity contribution in [3.05, 3.63) is 35.4 Å². The van der Waals surface area contributed by atoms with Gasteiger partial charge >= 0.3 is 5.97 Å². The van der Waals surface area contributed by atoms with Crippen LogP contribution in [0, 0.1) is 5.92 Å². The van der Waals surface area contributed by atoms with Crippen LogP contribution in [0.1, 0.15) is 52.8 Å². The van der Waals surface area contributed by atoms with Gasteiger partial charge in [0.05, 0.1) is 17.7 Å². The molecule has 0 atom stereocenters. The van der Waals surface area contributed by atoms with Crippen LogP contribution in [0.15, 0.2) is 24.3 Å². The summed E-state index contributed by atoms with van der Waals surface area (Å²) in [6.45, 7) is 0.917. The van der Waals surface area contributed by atoms with Crippen molar-refractivity contribution in [3.8, 4) is 0 Å². The summed E-state index contributed by atoms with van der Waals surface area (Å²) in [6.07, 6.45) is 3.87. The van der Waals surface area contributed by atoms with Crippen molar-refractivity contribution < 1.29 is 24.3 Å². The molecule has 0 unspecified atom stereocenters. The maximum Gasteiger partial charge on any atom is 0.317 e. The van der Waals surface area contributed by atoms with Gasteiger partial charge in [0.15, 0.2) is 0 Å². The van der Waals surface area contributed by atoms with Gasteiger partial charge in [0, 0.05) is 31.6 Å². The second-order valence-corrected chi connectivity index (χ2v) is 8.21. The Morgan fingerprint density at radius 2 is 1.72 bits per heavy atom. The molecule has 1 aromatic rings. The number of hydrogen-bond donors (Lipinski definition) is 2. The van der Waals surface area contributed by atoms with E-state index < -0.39 is 5.97 Å². The van der Waals surface area contributed by atoms with E-state index in [4.69, 9.17) is 5.11 Å². The Bertz CT molecular complexity index is 809. The fourth-order valence-electron chi connectivity index (χ4n) is 4.11. The summed E-state index contributed by atoms with van der Waals surface area (Å²) in [5, 5.41) is 12.0. The monoisotopic (exact) mass is 399 g/mol. The lowest BCUT2D eigenvalue weighted by molar-refractivity contribution is -0.140. The standard InChI is InChI=1S/C21H25N3O5/c25-18(7-8-24-20(28)16-3-1-2-4-17(16)21(24)29)22-14-9-15(10-14)23(12-19(26)27)11-13-5-6-13/h1-4,13-15H,5-12H2,(H,22,25)(H,26,27). The number of fused-ring (bicyclic) bond motifs is 1. The first kappa shape index (κ1) is 19.6. The zero-order valence-corrected chi connectivity index (χ0v) is 16.2. The SMILES string of the molecule is O=C(O)CN(CC1CC1)C1CC(NC(=O)CCN2C(=O)c3ccccc3C2=O)C1. The van der Waals surface area contributed by atoms with Gasteiger partial charge in [-0.25, -0.2) is 0 Å². The fraction of sp³-hybridized carbons (Fsp3) is 0.524. The lowest BCUT2D eigenvalue weighted by Gasteiger charge is -2.42. The molecule has 0 saturated heterocycles. The van der Waals surface area contributed by atoms with E-state index in [1.54, 1.807) is 24.3 Å². The van der Waals surface area contributed by atoms with Crippen LogP contribution in [-0.2, 0) is 9.59 Å². The summed E-state index contributed by atoms with van der Waals surface area (Å²) in [7, 11) is 0. The minimum atomic E-state index is -0.820. The molecule has 29 heavy (non-hydrogen) atoms. The van der Waals surface area contributed by atoms with Crippen LogP contribution < -0.4 is 5.32 Å². The second-order valence-electron chi connectivity index (χ2n) is 8.21. The number of carboxylic acid groups (broad SMARTS) is 1. The first-order chi connectivity index (χ1) is 13.9. The molecule has 0 radical (unpaired) electrons. The zero-order chi connectivity index (χ0) is 20.5. The molecule has 0 bridgehead atoms. The summed E-state index contributed by atoms with van der Waals surface area (Å²) < 4.78 is 0. The van der Waals surface area contributed by atoms with E-state index in [-0.39, 0.29) is 49.3 Å². The van der Waals surface area contributed by atoms with E-state index in [2.05, 4.69) is 5.32 Å². The van der Waals surface area contributed by atoms with Crippen LogP contribution in [0.25, 0.3) is 0 Å². The predicted molar refractivity (Wildman–Crippen MR) is 103 cm³/mol. The van der Waals surface area contributed by atoms with E-state index in [1.165, 1.54) is 12.8 Å². The molecule has 2 N–H and O–H groups in total. The van der Waals surface area contributed by atoms with Crippen LogP contribution in [0.3, 0.4) is 0 Å². The molecule has 3 aliphatic rings. The van der Waals surface area contributed by atoms with Gasteiger partial charge in [-0.05, 0) is 43.7 Å². The molecule has 154 valence electrons. The topological polar surface area (TPSA) is 107 Å². The van der Waals surface area contributed by atoms with Crippen molar-refractivity contribution in [2.75, 3.05) is 19.6 Å². The van der Waals surface area contributed by atoms with Gasteiger partial charge in [-0.2, -0.15) is 0 Å². The third kappa shape index (κ3) is 4.32. The van der Waals surface area contributed by atoms with Gasteiger partial charge in [-0.1, -0.05) is 12.1 Å². The van der Waals surface area contributed by atoms with Gasteiger partial charge in [-0.3, -0.25) is 29.0 Å². The Balaban J connectivity index is 1.22. The average Bonchev–Trinajstić information content (AvgIpc) is 3.43. The molecule has 8 nitrogen and oxygen atoms in total. The number of rotatable bonds is 9. The van der Waals surface area contributed by atoms with Crippen molar-refractivity contribution in [1.29, 1.82) is 0 Å². The number of nitrogens with zero attached hydrogens (tertiary/aromatic N) is 2. The molecule has 0 spiro atoms. The quantitative estimate of drug-likeness (QED) is 0.603. The molecule has 0 aromatic heterocycles. The van der Waals surface area contributed by atoms with Gasteiger partial charge in [0.1, 0.15) is 0 Å². The molecule has 1 aliphatic heterocycles. The highest BCUT2D eigenvalue weighted by atomic mass is 16.4. The van der Waals surface area contributed by atoms with Crippen molar-refractivity contribution in [1.82, 2.24) is 15.1 Å². The molecule has 2 saturated carbocycles. The number of nitrogens with one attached hydrogen (secondary N) is 1. The van der Waals surface area contributed by atoms with Crippen molar-refractivity contribution in [2.24, 2.45) is 5.92 Å². The van der Waals surface area contributed by atoms with Gasteiger partial charge < -0.3 is 10.4 Å². The van der Waals surface area contributed by atoms with E-state index in [1.807, 2.05) is 4.90 Å². The highest BCUT2D eigenvalue weighted by Crippen LogP contribution is 2.33. The Hall–Kier alpha value is -2.74. The molecule has 2 aliphatic carbocycles. The predicted octanol–water partition coefficient (Wildman–Crippen LogP) is 1.12. The Morgan fingerprint density at radius 3 is 2.28 bits per heavy atom. The fourth-order valence-corrected chi connectivity index (χ4v) is 4.11. The largest absolute Gasteiger partial charge is 0.480 e. The first-order valence-electron chi connectivity index (χ1n) is 10.1. The van der Waals surface area contributed by atoms with Gasteiger partial charge in [-0.15, -0.1) is 0 Å². The van der Waals surface area contributed by atoms with Crippen LogP contribution in [0.5, 0.6) is 0 Å². The summed E-state index contributed by atoms with van der Waals surface area (Å²) >= 11 is 0. The Morgan fingerprint density at radius 1 is 1.10 bits per heavy atom. The third-order valence-corrected chi connectivity index (χ3v) is 5.96. The van der Waals surface area contributed by atoms with Crippen LogP contribution in [0.4, 0.5) is 0 Å². The number of carbonyl (C=O) groups is 4. The van der Waals surface area contributed by atoms with Crippen LogP contribution >= 0.6 is 0 Å². The minimum absolute atomic E-state index is 0.0187. The van der Waals surface area contributed by atoms with Gasteiger partial charge in [0.2, 0.25) is 5.91 Å². The molecule has 2 fully saturated rings. The number of carbonyl (C=O) groups excluding carboxylic acids is 3. The van der Waals surface area contributed by atoms with Crippen LogP contribution in [0.2, 0.25) is 0 Å². The first-order valence-corrected chi connectivity index (χ1v) is 10.1. The molecular formula is C21H25N3O5. The number of benzene rings is 1. The lowest BCUT2D eigenvalue weighted by Crippen LogP contribution is -2.55. The maximum atomic E-state index is 12.3. The molecule has 1 heterocycles. The Labute approximate surface area is 168 Å². The van der Waals surface area contributed by atoms with E-state index in [9.17, 15) is 19.2 Å². The highest BCUT2D eigenvalue weighted by molar-refractivity contribution is 6.21. The smallest absolute Gasteiger partial charge is 0.317 e.